The molecule has 0 aliphatic heterocycles. The van der Waals surface area contributed by atoms with Gasteiger partial charge >= 0.3 is 0 Å². The van der Waals surface area contributed by atoms with E-state index < -0.39 is 0 Å². The van der Waals surface area contributed by atoms with E-state index in [9.17, 15) is 4.79 Å². The molecule has 0 radical (unpaired) electrons. The van der Waals surface area contributed by atoms with Crippen LogP contribution in [0.1, 0.15) is 43.4 Å². The van der Waals surface area contributed by atoms with Crippen molar-refractivity contribution in [3.63, 3.8) is 0 Å². The molecule has 1 atom stereocenters. The number of rotatable bonds is 7. The summed E-state index contributed by atoms with van der Waals surface area (Å²) < 4.78 is 0. The first-order chi connectivity index (χ1) is 8.87. The predicted octanol–water partition coefficient (Wildman–Crippen LogP) is 3.29. The fraction of sp³-hybridized carbons (Fsp3) is 0.667. The summed E-state index contributed by atoms with van der Waals surface area (Å²) in [5.74, 6) is 0.441. The number of carbonyl (C=O) groups excluding carboxylic acids is 1. The van der Waals surface area contributed by atoms with Gasteiger partial charge < -0.3 is 11.1 Å². The zero-order chi connectivity index (χ0) is 14.5. The van der Waals surface area contributed by atoms with Gasteiger partial charge in [0, 0.05) is 22.7 Å². The number of hydrogen-bond acceptors (Lipinski definition) is 3. The number of hydrogen-bond donors (Lipinski definition) is 2. The summed E-state index contributed by atoms with van der Waals surface area (Å²) >= 11 is 1.81. The average molecular weight is 319 g/mol. The van der Waals surface area contributed by atoms with Gasteiger partial charge in [-0.3, -0.25) is 4.79 Å². The third-order valence-electron chi connectivity index (χ3n) is 3.75. The van der Waals surface area contributed by atoms with Crippen molar-refractivity contribution >= 4 is 29.7 Å². The van der Waals surface area contributed by atoms with Gasteiger partial charge in [-0.05, 0) is 44.7 Å². The van der Waals surface area contributed by atoms with E-state index >= 15 is 0 Å². The van der Waals surface area contributed by atoms with Crippen molar-refractivity contribution < 1.29 is 4.79 Å². The maximum Gasteiger partial charge on any atom is 0.220 e. The Morgan fingerprint density at radius 3 is 2.55 bits per heavy atom. The van der Waals surface area contributed by atoms with Crippen LogP contribution < -0.4 is 11.1 Å². The largest absolute Gasteiger partial charge is 0.349 e. The molecule has 3 N–H and O–H groups in total. The van der Waals surface area contributed by atoms with Crippen molar-refractivity contribution in [3.8, 4) is 0 Å². The molecular formula is C15H27ClN2OS. The molecule has 0 bridgehead atoms. The van der Waals surface area contributed by atoms with Crippen LogP contribution in [-0.4, -0.2) is 18.0 Å². The van der Waals surface area contributed by atoms with Crippen molar-refractivity contribution in [2.45, 2.75) is 52.5 Å². The monoisotopic (exact) mass is 318 g/mol. The van der Waals surface area contributed by atoms with Gasteiger partial charge in [0.25, 0.3) is 0 Å². The van der Waals surface area contributed by atoms with Gasteiger partial charge in [0.15, 0.2) is 0 Å². The van der Waals surface area contributed by atoms with Crippen LogP contribution in [0.15, 0.2) is 12.1 Å². The van der Waals surface area contributed by atoms with E-state index in [1.807, 2.05) is 18.3 Å². The molecule has 1 rings (SSSR count). The fourth-order valence-electron chi connectivity index (χ4n) is 1.85. The molecule has 0 fully saturated rings. The molecular weight excluding hydrogens is 292 g/mol. The zero-order valence-corrected chi connectivity index (χ0v) is 14.5. The fourth-order valence-corrected chi connectivity index (χ4v) is 2.79. The van der Waals surface area contributed by atoms with E-state index in [1.165, 1.54) is 9.75 Å². The molecule has 1 heterocycles. The molecule has 1 amide bonds. The maximum absolute atomic E-state index is 12.0. The van der Waals surface area contributed by atoms with Gasteiger partial charge in [-0.15, -0.1) is 23.7 Å². The van der Waals surface area contributed by atoms with Crippen molar-refractivity contribution in [2.24, 2.45) is 11.7 Å². The van der Waals surface area contributed by atoms with Crippen molar-refractivity contribution in [2.75, 3.05) is 6.54 Å². The summed E-state index contributed by atoms with van der Waals surface area (Å²) in [6.45, 7) is 8.76. The van der Waals surface area contributed by atoms with E-state index in [0.29, 0.717) is 18.9 Å². The van der Waals surface area contributed by atoms with E-state index in [4.69, 9.17) is 5.73 Å². The number of thiophene rings is 1. The quantitative estimate of drug-likeness (QED) is 0.810. The molecule has 20 heavy (non-hydrogen) atoms. The predicted molar refractivity (Wildman–Crippen MR) is 89.7 cm³/mol. The van der Waals surface area contributed by atoms with Gasteiger partial charge in [0.1, 0.15) is 0 Å². The van der Waals surface area contributed by atoms with Crippen LogP contribution in [-0.2, 0) is 11.2 Å². The highest BCUT2D eigenvalue weighted by Gasteiger charge is 2.28. The van der Waals surface area contributed by atoms with Gasteiger partial charge in [0.05, 0.1) is 5.54 Å². The molecule has 0 aromatic carbocycles. The Hall–Kier alpha value is -0.580. The van der Waals surface area contributed by atoms with E-state index in [-0.39, 0.29) is 23.9 Å². The second-order valence-electron chi connectivity index (χ2n) is 5.69. The average Bonchev–Trinajstić information content (AvgIpc) is 2.74. The highest BCUT2D eigenvalue weighted by atomic mass is 35.5. The third-order valence-corrected chi connectivity index (χ3v) is 4.81. The lowest BCUT2D eigenvalue weighted by molar-refractivity contribution is -0.123. The Morgan fingerprint density at radius 1 is 1.45 bits per heavy atom. The summed E-state index contributed by atoms with van der Waals surface area (Å²) in [5.41, 5.74) is 5.47. The summed E-state index contributed by atoms with van der Waals surface area (Å²) in [7, 11) is 0. The van der Waals surface area contributed by atoms with Crippen LogP contribution in [0.25, 0.3) is 0 Å². The van der Waals surface area contributed by atoms with Gasteiger partial charge in [-0.25, -0.2) is 0 Å². The normalized spacial score (nSPS) is 13.7. The SMILES string of the molecule is Cc1ccc(CCCC(=O)NC(C)(CN)C(C)C)s1.Cl. The number of amides is 1. The Labute approximate surface area is 132 Å². The first-order valence-electron chi connectivity index (χ1n) is 6.94. The molecule has 5 heteroatoms. The maximum atomic E-state index is 12.0. The smallest absolute Gasteiger partial charge is 0.220 e. The third kappa shape index (κ3) is 5.81. The number of nitrogens with one attached hydrogen (secondary N) is 1. The van der Waals surface area contributed by atoms with Crippen molar-refractivity contribution in [1.29, 1.82) is 0 Å². The Bertz CT molecular complexity index is 420. The Morgan fingerprint density at radius 2 is 2.10 bits per heavy atom. The van der Waals surface area contributed by atoms with Crippen LogP contribution in [0.3, 0.4) is 0 Å². The molecule has 0 spiro atoms. The first-order valence-corrected chi connectivity index (χ1v) is 7.75. The highest BCUT2D eigenvalue weighted by Crippen LogP contribution is 2.18. The molecule has 0 aliphatic rings. The molecule has 0 saturated heterocycles. The standard InChI is InChI=1S/C15H26N2OS.ClH/c1-11(2)15(4,10-16)17-14(18)7-5-6-13-9-8-12(3)19-13;/h8-9,11H,5-7,10,16H2,1-4H3,(H,17,18);1H. The molecule has 3 nitrogen and oxygen atoms in total. The number of aryl methyl sites for hydroxylation is 2. The van der Waals surface area contributed by atoms with Crippen molar-refractivity contribution in [3.05, 3.63) is 21.9 Å². The molecule has 116 valence electrons. The molecule has 0 aliphatic carbocycles. The van der Waals surface area contributed by atoms with Crippen LogP contribution in [0.2, 0.25) is 0 Å². The van der Waals surface area contributed by atoms with E-state index in [0.717, 1.165) is 12.8 Å². The number of nitrogens with two attached hydrogens (primary N) is 1. The second kappa shape index (κ2) is 8.65. The minimum absolute atomic E-state index is 0. The molecule has 0 saturated carbocycles. The number of halogens is 1. The zero-order valence-electron chi connectivity index (χ0n) is 12.9. The second-order valence-corrected chi connectivity index (χ2v) is 7.06. The Kier molecular flexibility index (Phi) is 8.40. The lowest BCUT2D eigenvalue weighted by Gasteiger charge is -2.33. The molecule has 1 unspecified atom stereocenters. The minimum atomic E-state index is -0.295. The Balaban J connectivity index is 0.00000361. The lowest BCUT2D eigenvalue weighted by atomic mass is 9.88. The molecule has 1 aromatic heterocycles. The summed E-state index contributed by atoms with van der Waals surface area (Å²) in [4.78, 5) is 14.6. The summed E-state index contributed by atoms with van der Waals surface area (Å²) in [6.07, 6.45) is 2.44. The minimum Gasteiger partial charge on any atom is -0.349 e. The van der Waals surface area contributed by atoms with Crippen LogP contribution in [0.5, 0.6) is 0 Å². The van der Waals surface area contributed by atoms with Gasteiger partial charge in [-0.1, -0.05) is 13.8 Å². The van der Waals surface area contributed by atoms with Crippen LogP contribution in [0, 0.1) is 12.8 Å². The van der Waals surface area contributed by atoms with Crippen molar-refractivity contribution in [1.82, 2.24) is 5.32 Å². The first kappa shape index (κ1) is 19.4. The topological polar surface area (TPSA) is 55.1 Å². The van der Waals surface area contributed by atoms with Crippen LogP contribution in [0.4, 0.5) is 0 Å². The van der Waals surface area contributed by atoms with E-state index in [2.05, 4.69) is 38.2 Å². The number of carbonyl (C=O) groups is 1. The van der Waals surface area contributed by atoms with Gasteiger partial charge in [-0.2, -0.15) is 0 Å². The van der Waals surface area contributed by atoms with E-state index in [1.54, 1.807) is 0 Å². The summed E-state index contributed by atoms with van der Waals surface area (Å²) in [5, 5.41) is 3.07. The lowest BCUT2D eigenvalue weighted by Crippen LogP contribution is -2.54. The highest BCUT2D eigenvalue weighted by molar-refractivity contribution is 7.11. The van der Waals surface area contributed by atoms with Gasteiger partial charge in [0.2, 0.25) is 5.91 Å². The molecule has 1 aromatic rings. The van der Waals surface area contributed by atoms with Crippen LogP contribution >= 0.6 is 23.7 Å². The summed E-state index contributed by atoms with van der Waals surface area (Å²) in [6, 6.07) is 4.28.